The van der Waals surface area contributed by atoms with Crippen molar-refractivity contribution in [2.45, 2.75) is 6.42 Å². The average Bonchev–Trinajstić information content (AvgIpc) is 2.79. The third-order valence-corrected chi connectivity index (χ3v) is 4.73. The minimum atomic E-state index is -0.388. The average molecular weight is 414 g/mol. The summed E-state index contributed by atoms with van der Waals surface area (Å²) in [6, 6.07) is 6.47. The number of hydrogen-bond acceptors (Lipinski definition) is 7. The lowest BCUT2D eigenvalue weighted by Crippen LogP contribution is -2.49. The molecule has 160 valence electrons. The standard InChI is InChI=1S/C20H26N6O4/c1-29-16-5-4-15(14-17(16)30-2)24-20(28)23-9-6-18(27)25-10-12-26(13-11-25)19-21-7-3-8-22-19/h3-5,7-8,14H,6,9-13H2,1-2H3,(H2,23,24,28). The van der Waals surface area contributed by atoms with Gasteiger partial charge in [0.25, 0.3) is 0 Å². The summed E-state index contributed by atoms with van der Waals surface area (Å²) in [6.45, 7) is 2.83. The van der Waals surface area contributed by atoms with E-state index in [0.29, 0.717) is 49.3 Å². The number of anilines is 2. The van der Waals surface area contributed by atoms with E-state index in [9.17, 15) is 9.59 Å². The van der Waals surface area contributed by atoms with Gasteiger partial charge in [-0.05, 0) is 18.2 Å². The summed E-state index contributed by atoms with van der Waals surface area (Å²) in [7, 11) is 3.07. The number of amides is 3. The number of urea groups is 1. The van der Waals surface area contributed by atoms with Gasteiger partial charge in [-0.25, -0.2) is 14.8 Å². The van der Waals surface area contributed by atoms with Crippen LogP contribution in [-0.4, -0.2) is 73.7 Å². The monoisotopic (exact) mass is 414 g/mol. The molecule has 30 heavy (non-hydrogen) atoms. The number of ether oxygens (including phenoxy) is 2. The number of nitrogens with zero attached hydrogens (tertiary/aromatic N) is 4. The maximum atomic E-state index is 12.4. The fourth-order valence-electron chi connectivity index (χ4n) is 3.14. The topological polar surface area (TPSA) is 109 Å². The van der Waals surface area contributed by atoms with Crippen molar-refractivity contribution in [2.75, 3.05) is 57.2 Å². The quantitative estimate of drug-likeness (QED) is 0.704. The third kappa shape index (κ3) is 5.49. The smallest absolute Gasteiger partial charge is 0.319 e. The fraction of sp³-hybridized carbons (Fsp3) is 0.400. The van der Waals surface area contributed by atoms with Gasteiger partial charge < -0.3 is 29.9 Å². The number of benzene rings is 1. The molecule has 2 aromatic rings. The molecular formula is C20H26N6O4. The SMILES string of the molecule is COc1ccc(NC(=O)NCCC(=O)N2CCN(c3ncccn3)CC2)cc1OC. The van der Waals surface area contributed by atoms with E-state index in [1.807, 2.05) is 0 Å². The molecule has 0 aliphatic carbocycles. The van der Waals surface area contributed by atoms with Crippen LogP contribution in [0.25, 0.3) is 0 Å². The molecule has 2 heterocycles. The second kappa shape index (κ2) is 10.3. The minimum absolute atomic E-state index is 0.00930. The first kappa shape index (κ1) is 21.2. The van der Waals surface area contributed by atoms with Gasteiger partial charge in [-0.1, -0.05) is 0 Å². The second-order valence-electron chi connectivity index (χ2n) is 6.62. The van der Waals surface area contributed by atoms with Crippen molar-refractivity contribution in [1.29, 1.82) is 0 Å². The van der Waals surface area contributed by atoms with E-state index in [-0.39, 0.29) is 24.9 Å². The summed E-state index contributed by atoms with van der Waals surface area (Å²) in [4.78, 5) is 36.8. The third-order valence-electron chi connectivity index (χ3n) is 4.73. The molecule has 10 heteroatoms. The van der Waals surface area contributed by atoms with E-state index < -0.39 is 0 Å². The van der Waals surface area contributed by atoms with E-state index >= 15 is 0 Å². The molecule has 1 aromatic heterocycles. The Labute approximate surface area is 175 Å². The zero-order valence-corrected chi connectivity index (χ0v) is 17.1. The molecule has 10 nitrogen and oxygen atoms in total. The van der Waals surface area contributed by atoms with Crippen molar-refractivity contribution >= 4 is 23.6 Å². The van der Waals surface area contributed by atoms with Gasteiger partial charge in [-0.15, -0.1) is 0 Å². The molecule has 0 unspecified atom stereocenters. The molecule has 3 amide bonds. The van der Waals surface area contributed by atoms with Crippen molar-refractivity contribution in [3.8, 4) is 11.5 Å². The predicted octanol–water partition coefficient (Wildman–Crippen LogP) is 1.35. The molecule has 1 aliphatic rings. The van der Waals surface area contributed by atoms with Crippen molar-refractivity contribution in [3.63, 3.8) is 0 Å². The number of carbonyl (C=O) groups excluding carboxylic acids is 2. The Balaban J connectivity index is 1.39. The highest BCUT2D eigenvalue weighted by Gasteiger charge is 2.22. The highest BCUT2D eigenvalue weighted by atomic mass is 16.5. The van der Waals surface area contributed by atoms with Crippen LogP contribution in [0.1, 0.15) is 6.42 Å². The molecule has 0 atom stereocenters. The van der Waals surface area contributed by atoms with Crippen molar-refractivity contribution in [1.82, 2.24) is 20.2 Å². The van der Waals surface area contributed by atoms with Crippen LogP contribution in [-0.2, 0) is 4.79 Å². The van der Waals surface area contributed by atoms with Crippen LogP contribution in [0.3, 0.4) is 0 Å². The molecular weight excluding hydrogens is 388 g/mol. The number of nitrogens with one attached hydrogen (secondary N) is 2. The van der Waals surface area contributed by atoms with E-state index in [1.54, 1.807) is 48.7 Å². The molecule has 0 radical (unpaired) electrons. The van der Waals surface area contributed by atoms with Gasteiger partial charge in [0.2, 0.25) is 11.9 Å². The largest absolute Gasteiger partial charge is 0.493 e. The van der Waals surface area contributed by atoms with Crippen LogP contribution in [0.4, 0.5) is 16.4 Å². The van der Waals surface area contributed by atoms with E-state index in [0.717, 1.165) is 0 Å². The molecule has 1 saturated heterocycles. The first-order valence-electron chi connectivity index (χ1n) is 9.67. The molecule has 1 aliphatic heterocycles. The molecule has 1 fully saturated rings. The summed E-state index contributed by atoms with van der Waals surface area (Å²) in [6.07, 6.45) is 3.65. The molecule has 0 bridgehead atoms. The Morgan fingerprint density at radius 3 is 2.40 bits per heavy atom. The van der Waals surface area contributed by atoms with E-state index in [4.69, 9.17) is 9.47 Å². The number of rotatable bonds is 7. The Hall–Kier alpha value is -3.56. The zero-order valence-electron chi connectivity index (χ0n) is 17.1. The Morgan fingerprint density at radius 2 is 1.73 bits per heavy atom. The van der Waals surface area contributed by atoms with Crippen LogP contribution in [0.2, 0.25) is 0 Å². The second-order valence-corrected chi connectivity index (χ2v) is 6.62. The van der Waals surface area contributed by atoms with Gasteiger partial charge in [0.1, 0.15) is 0 Å². The lowest BCUT2D eigenvalue weighted by atomic mass is 10.2. The first-order valence-corrected chi connectivity index (χ1v) is 9.67. The summed E-state index contributed by atoms with van der Waals surface area (Å²) >= 11 is 0. The van der Waals surface area contributed by atoms with Crippen molar-refractivity contribution in [3.05, 3.63) is 36.7 Å². The number of methoxy groups -OCH3 is 2. The summed E-state index contributed by atoms with van der Waals surface area (Å²) in [5, 5.41) is 5.42. The molecule has 0 saturated carbocycles. The molecule has 2 N–H and O–H groups in total. The van der Waals surface area contributed by atoms with Gasteiger partial charge >= 0.3 is 6.03 Å². The normalized spacial score (nSPS) is 13.5. The van der Waals surface area contributed by atoms with Crippen molar-refractivity contribution < 1.29 is 19.1 Å². The van der Waals surface area contributed by atoms with Crippen LogP contribution >= 0.6 is 0 Å². The Kier molecular flexibility index (Phi) is 7.25. The van der Waals surface area contributed by atoms with E-state index in [2.05, 4.69) is 25.5 Å². The van der Waals surface area contributed by atoms with Gasteiger partial charge in [0.15, 0.2) is 11.5 Å². The summed E-state index contributed by atoms with van der Waals surface area (Å²) in [5.41, 5.74) is 0.565. The number of carbonyl (C=O) groups is 2. The minimum Gasteiger partial charge on any atom is -0.493 e. The lowest BCUT2D eigenvalue weighted by molar-refractivity contribution is -0.131. The van der Waals surface area contributed by atoms with Crippen LogP contribution in [0, 0.1) is 0 Å². The van der Waals surface area contributed by atoms with Gasteiger partial charge in [0, 0.05) is 63.3 Å². The van der Waals surface area contributed by atoms with E-state index in [1.165, 1.54) is 7.11 Å². The maximum absolute atomic E-state index is 12.4. The van der Waals surface area contributed by atoms with Gasteiger partial charge in [-0.3, -0.25) is 4.79 Å². The number of hydrogen-bond donors (Lipinski definition) is 2. The van der Waals surface area contributed by atoms with Crippen molar-refractivity contribution in [2.24, 2.45) is 0 Å². The molecule has 3 rings (SSSR count). The highest BCUT2D eigenvalue weighted by molar-refractivity contribution is 5.90. The maximum Gasteiger partial charge on any atom is 0.319 e. The Morgan fingerprint density at radius 1 is 1.03 bits per heavy atom. The van der Waals surface area contributed by atoms with Crippen LogP contribution in [0.5, 0.6) is 11.5 Å². The van der Waals surface area contributed by atoms with Crippen LogP contribution < -0.4 is 25.0 Å². The van der Waals surface area contributed by atoms with Gasteiger partial charge in [-0.2, -0.15) is 0 Å². The predicted molar refractivity (Wildman–Crippen MR) is 112 cm³/mol. The van der Waals surface area contributed by atoms with Crippen LogP contribution in [0.15, 0.2) is 36.7 Å². The summed E-state index contributed by atoms with van der Waals surface area (Å²) in [5.74, 6) is 1.78. The fourth-order valence-corrected chi connectivity index (χ4v) is 3.14. The first-order chi connectivity index (χ1) is 14.6. The molecule has 1 aromatic carbocycles. The zero-order chi connectivity index (χ0) is 21.3. The lowest BCUT2D eigenvalue weighted by Gasteiger charge is -2.34. The number of aromatic nitrogens is 2. The summed E-state index contributed by atoms with van der Waals surface area (Å²) < 4.78 is 10.4. The van der Waals surface area contributed by atoms with Gasteiger partial charge in [0.05, 0.1) is 14.2 Å². The molecule has 0 spiro atoms. The highest BCUT2D eigenvalue weighted by Crippen LogP contribution is 2.29. The number of piperazine rings is 1. The Bertz CT molecular complexity index is 856.